The minimum absolute atomic E-state index is 0.321. The predicted octanol–water partition coefficient (Wildman–Crippen LogP) is 1.98. The second-order valence-electron chi connectivity index (χ2n) is 4.60. The summed E-state index contributed by atoms with van der Waals surface area (Å²) in [6.45, 7) is 0. The summed E-state index contributed by atoms with van der Waals surface area (Å²) in [5.41, 5.74) is -3.72. The maximum absolute atomic E-state index is 12.5. The van der Waals surface area contributed by atoms with Crippen molar-refractivity contribution in [3.8, 4) is 0 Å². The molecule has 0 spiro atoms. The van der Waals surface area contributed by atoms with Gasteiger partial charge < -0.3 is 15.3 Å². The molecule has 22 heavy (non-hydrogen) atoms. The number of aliphatic carboxylic acids is 3. The smallest absolute Gasteiger partial charge is 0.416 e. The summed E-state index contributed by atoms with van der Waals surface area (Å²) in [5.74, 6) is -4.90. The first kappa shape index (κ1) is 17.5. The number of benzene rings is 1. The predicted molar refractivity (Wildman–Crippen MR) is 65.3 cm³/mol. The molecule has 0 radical (unpaired) electrons. The number of carboxylic acids is 3. The summed E-state index contributed by atoms with van der Waals surface area (Å²) in [6.07, 6.45) is -6.79. The Labute approximate surface area is 121 Å². The monoisotopic (exact) mass is 320 g/mol. The van der Waals surface area contributed by atoms with Gasteiger partial charge in [0.25, 0.3) is 0 Å². The Hall–Kier alpha value is -2.58. The van der Waals surface area contributed by atoms with Crippen molar-refractivity contribution in [3.63, 3.8) is 0 Å². The molecule has 0 fully saturated rings. The minimum Gasteiger partial charge on any atom is -0.481 e. The van der Waals surface area contributed by atoms with Crippen LogP contribution in [0.1, 0.15) is 24.0 Å². The molecule has 0 aliphatic heterocycles. The number of rotatable bonds is 6. The quantitative estimate of drug-likeness (QED) is 0.739. The zero-order valence-electron chi connectivity index (χ0n) is 10.9. The van der Waals surface area contributed by atoms with Crippen molar-refractivity contribution in [2.24, 2.45) is 0 Å². The largest absolute Gasteiger partial charge is 0.481 e. The Morgan fingerprint density at radius 3 is 1.45 bits per heavy atom. The lowest BCUT2D eigenvalue weighted by Gasteiger charge is -2.27. The average Bonchev–Trinajstić information content (AvgIpc) is 2.35. The Morgan fingerprint density at radius 1 is 0.818 bits per heavy atom. The van der Waals surface area contributed by atoms with Crippen LogP contribution in [0.25, 0.3) is 0 Å². The molecular formula is C13H11F3O6. The van der Waals surface area contributed by atoms with Crippen LogP contribution in [0.2, 0.25) is 0 Å². The molecule has 0 bridgehead atoms. The van der Waals surface area contributed by atoms with Crippen molar-refractivity contribution in [3.05, 3.63) is 35.4 Å². The van der Waals surface area contributed by atoms with Gasteiger partial charge >= 0.3 is 24.1 Å². The lowest BCUT2D eigenvalue weighted by Crippen LogP contribution is -2.40. The van der Waals surface area contributed by atoms with E-state index in [1.807, 2.05) is 0 Å². The molecule has 0 aromatic heterocycles. The fraction of sp³-hybridized carbons (Fsp3) is 0.308. The summed E-state index contributed by atoms with van der Waals surface area (Å²) < 4.78 is 37.5. The number of carbonyl (C=O) groups is 3. The second kappa shape index (κ2) is 6.04. The third-order valence-electron chi connectivity index (χ3n) is 3.08. The maximum atomic E-state index is 12.5. The van der Waals surface area contributed by atoms with Gasteiger partial charge in [-0.15, -0.1) is 0 Å². The molecule has 0 heterocycles. The second-order valence-corrected chi connectivity index (χ2v) is 4.60. The molecule has 0 unspecified atom stereocenters. The lowest BCUT2D eigenvalue weighted by atomic mass is 9.74. The average molecular weight is 320 g/mol. The normalized spacial score (nSPS) is 12.0. The van der Waals surface area contributed by atoms with E-state index in [9.17, 15) is 32.7 Å². The molecule has 0 saturated carbocycles. The van der Waals surface area contributed by atoms with Crippen LogP contribution in [0, 0.1) is 0 Å². The van der Waals surface area contributed by atoms with E-state index in [2.05, 4.69) is 0 Å². The molecule has 0 atom stereocenters. The van der Waals surface area contributed by atoms with E-state index < -0.39 is 47.9 Å². The van der Waals surface area contributed by atoms with Crippen molar-refractivity contribution in [1.29, 1.82) is 0 Å². The minimum atomic E-state index is -4.65. The number of alkyl halides is 3. The molecule has 9 heteroatoms. The topological polar surface area (TPSA) is 112 Å². The van der Waals surface area contributed by atoms with Crippen LogP contribution in [-0.2, 0) is 26.0 Å². The van der Waals surface area contributed by atoms with Crippen LogP contribution in [0.3, 0.4) is 0 Å². The van der Waals surface area contributed by atoms with E-state index >= 15 is 0 Å². The third-order valence-corrected chi connectivity index (χ3v) is 3.08. The van der Waals surface area contributed by atoms with E-state index in [0.29, 0.717) is 12.1 Å². The van der Waals surface area contributed by atoms with Crippen molar-refractivity contribution in [2.75, 3.05) is 0 Å². The van der Waals surface area contributed by atoms with Gasteiger partial charge in [-0.3, -0.25) is 14.4 Å². The molecule has 120 valence electrons. The molecule has 1 rings (SSSR count). The molecule has 0 aliphatic carbocycles. The molecule has 6 nitrogen and oxygen atoms in total. The van der Waals surface area contributed by atoms with Crippen LogP contribution >= 0.6 is 0 Å². The van der Waals surface area contributed by atoms with Crippen LogP contribution < -0.4 is 0 Å². The highest BCUT2D eigenvalue weighted by Gasteiger charge is 2.45. The third kappa shape index (κ3) is 3.74. The van der Waals surface area contributed by atoms with E-state index in [4.69, 9.17) is 10.2 Å². The highest BCUT2D eigenvalue weighted by atomic mass is 19.4. The number of hydrogen-bond acceptors (Lipinski definition) is 3. The number of carboxylic acid groups (broad SMARTS) is 3. The zero-order chi connectivity index (χ0) is 17.1. The van der Waals surface area contributed by atoms with Gasteiger partial charge in [0.15, 0.2) is 0 Å². The van der Waals surface area contributed by atoms with Gasteiger partial charge in [0.1, 0.15) is 5.41 Å². The van der Waals surface area contributed by atoms with E-state index in [0.717, 1.165) is 12.1 Å². The maximum Gasteiger partial charge on any atom is 0.416 e. The van der Waals surface area contributed by atoms with Gasteiger partial charge in [-0.25, -0.2) is 0 Å². The number of hydrogen-bond donors (Lipinski definition) is 3. The molecule has 1 aromatic rings. The Bertz CT molecular complexity index is 575. The van der Waals surface area contributed by atoms with Gasteiger partial charge in [0, 0.05) is 0 Å². The van der Waals surface area contributed by atoms with Crippen LogP contribution in [0.4, 0.5) is 13.2 Å². The van der Waals surface area contributed by atoms with Gasteiger partial charge in [-0.1, -0.05) is 12.1 Å². The summed E-state index contributed by atoms with van der Waals surface area (Å²) >= 11 is 0. The fourth-order valence-electron chi connectivity index (χ4n) is 2.04. The van der Waals surface area contributed by atoms with Gasteiger partial charge in [0.05, 0.1) is 18.4 Å². The summed E-state index contributed by atoms with van der Waals surface area (Å²) in [4.78, 5) is 33.2. The molecular weight excluding hydrogens is 309 g/mol. The first-order chi connectivity index (χ1) is 9.99. The number of halogens is 3. The van der Waals surface area contributed by atoms with Crippen LogP contribution in [0.15, 0.2) is 24.3 Å². The van der Waals surface area contributed by atoms with E-state index in [-0.39, 0.29) is 5.56 Å². The Balaban J connectivity index is 3.40. The van der Waals surface area contributed by atoms with Crippen molar-refractivity contribution < 1.29 is 42.9 Å². The highest BCUT2D eigenvalue weighted by Crippen LogP contribution is 2.35. The first-order valence-electron chi connectivity index (χ1n) is 5.84. The van der Waals surface area contributed by atoms with Crippen LogP contribution in [-0.4, -0.2) is 33.2 Å². The summed E-state index contributed by atoms with van der Waals surface area (Å²) in [7, 11) is 0. The van der Waals surface area contributed by atoms with E-state index in [1.165, 1.54) is 0 Å². The van der Waals surface area contributed by atoms with Crippen molar-refractivity contribution >= 4 is 17.9 Å². The lowest BCUT2D eigenvalue weighted by molar-refractivity contribution is -0.154. The molecule has 0 saturated heterocycles. The Morgan fingerprint density at radius 2 is 1.18 bits per heavy atom. The summed E-state index contributed by atoms with van der Waals surface area (Å²) in [5, 5.41) is 26.9. The van der Waals surface area contributed by atoms with Gasteiger partial charge in [-0.2, -0.15) is 13.2 Å². The molecule has 0 aliphatic rings. The molecule has 3 N–H and O–H groups in total. The highest BCUT2D eigenvalue weighted by molar-refractivity contribution is 5.91. The fourth-order valence-corrected chi connectivity index (χ4v) is 2.04. The first-order valence-corrected chi connectivity index (χ1v) is 5.84. The SMILES string of the molecule is O=C(O)CC(CC(=O)O)(C(=O)O)c1ccc(C(F)(F)F)cc1. The molecule has 0 amide bonds. The standard InChI is InChI=1S/C13H11F3O6/c14-13(15,16)8-3-1-7(2-4-8)12(11(21)22,5-9(17)18)6-10(19)20/h1-4H,5-6H2,(H,17,18)(H,19,20)(H,21,22). The van der Waals surface area contributed by atoms with Crippen molar-refractivity contribution in [1.82, 2.24) is 0 Å². The summed E-state index contributed by atoms with van der Waals surface area (Å²) in [6, 6.07) is 2.72. The van der Waals surface area contributed by atoms with Crippen molar-refractivity contribution in [2.45, 2.75) is 24.4 Å². The zero-order valence-corrected chi connectivity index (χ0v) is 10.9. The van der Waals surface area contributed by atoms with E-state index in [1.54, 1.807) is 0 Å². The van der Waals surface area contributed by atoms with Gasteiger partial charge in [-0.05, 0) is 17.7 Å². The van der Waals surface area contributed by atoms with Crippen LogP contribution in [0.5, 0.6) is 0 Å². The molecule has 1 aromatic carbocycles. The van der Waals surface area contributed by atoms with Gasteiger partial charge in [0.2, 0.25) is 0 Å². The Kier molecular flexibility index (Phi) is 4.80.